The SMILES string of the molecule is CCc1nc(C(C)NS(=O)(=O)c2nc(NC(C)c3ccncc3CC)ccc2Cl)cs1. The van der Waals surface area contributed by atoms with Crippen LogP contribution in [0.4, 0.5) is 5.82 Å². The number of aromatic nitrogens is 3. The van der Waals surface area contributed by atoms with Crippen LogP contribution < -0.4 is 10.0 Å². The maximum atomic E-state index is 13.0. The number of aryl methyl sites for hydroxylation is 2. The highest BCUT2D eigenvalue weighted by molar-refractivity contribution is 7.89. The lowest BCUT2D eigenvalue weighted by molar-refractivity contribution is 0.560. The zero-order valence-corrected chi connectivity index (χ0v) is 20.3. The smallest absolute Gasteiger partial charge is 0.260 e. The molecule has 7 nitrogen and oxygen atoms in total. The monoisotopic (exact) mass is 479 g/mol. The molecule has 0 aliphatic heterocycles. The second-order valence-electron chi connectivity index (χ2n) is 7.14. The third-order valence-electron chi connectivity index (χ3n) is 4.87. The van der Waals surface area contributed by atoms with Gasteiger partial charge in [-0.1, -0.05) is 25.4 Å². The molecule has 3 aromatic rings. The number of rotatable bonds is 9. The lowest BCUT2D eigenvalue weighted by Gasteiger charge is -2.19. The summed E-state index contributed by atoms with van der Waals surface area (Å²) in [6, 6.07) is 4.57. The van der Waals surface area contributed by atoms with Crippen molar-refractivity contribution >= 4 is 38.8 Å². The van der Waals surface area contributed by atoms with E-state index in [2.05, 4.69) is 31.9 Å². The van der Waals surface area contributed by atoms with Gasteiger partial charge in [0.15, 0.2) is 5.03 Å². The molecule has 2 unspecified atom stereocenters. The summed E-state index contributed by atoms with van der Waals surface area (Å²) < 4.78 is 28.6. The number of hydrogen-bond acceptors (Lipinski definition) is 7. The van der Waals surface area contributed by atoms with Crippen molar-refractivity contribution in [3.8, 4) is 0 Å². The van der Waals surface area contributed by atoms with Crippen molar-refractivity contribution in [2.24, 2.45) is 0 Å². The van der Waals surface area contributed by atoms with Gasteiger partial charge in [0.05, 0.1) is 27.8 Å². The summed E-state index contributed by atoms with van der Waals surface area (Å²) in [6.07, 6.45) is 5.24. The molecule has 31 heavy (non-hydrogen) atoms. The zero-order valence-electron chi connectivity index (χ0n) is 17.9. The number of nitrogens with zero attached hydrogens (tertiary/aromatic N) is 3. The zero-order chi connectivity index (χ0) is 22.6. The van der Waals surface area contributed by atoms with E-state index in [1.165, 1.54) is 17.4 Å². The Morgan fingerprint density at radius 3 is 2.55 bits per heavy atom. The van der Waals surface area contributed by atoms with Crippen molar-refractivity contribution in [2.75, 3.05) is 5.32 Å². The van der Waals surface area contributed by atoms with Gasteiger partial charge >= 0.3 is 0 Å². The minimum absolute atomic E-state index is 0.0589. The fourth-order valence-corrected chi connectivity index (χ4v) is 5.67. The van der Waals surface area contributed by atoms with Crippen LogP contribution in [0.3, 0.4) is 0 Å². The number of anilines is 1. The number of thiazole rings is 1. The minimum atomic E-state index is -3.95. The highest BCUT2D eigenvalue weighted by Gasteiger charge is 2.25. The first-order valence-electron chi connectivity index (χ1n) is 10.1. The van der Waals surface area contributed by atoms with E-state index in [4.69, 9.17) is 11.6 Å². The Kier molecular flexibility index (Phi) is 7.64. The molecule has 3 aromatic heterocycles. The molecule has 2 N–H and O–H groups in total. The van der Waals surface area contributed by atoms with Crippen LogP contribution in [0, 0.1) is 0 Å². The van der Waals surface area contributed by atoms with Crippen LogP contribution in [0.1, 0.15) is 61.6 Å². The van der Waals surface area contributed by atoms with Gasteiger partial charge in [-0.05, 0) is 56.0 Å². The minimum Gasteiger partial charge on any atom is -0.363 e. The maximum absolute atomic E-state index is 13.0. The first-order valence-corrected chi connectivity index (χ1v) is 12.8. The lowest BCUT2D eigenvalue weighted by Crippen LogP contribution is -2.28. The van der Waals surface area contributed by atoms with E-state index in [0.717, 1.165) is 29.0 Å². The third kappa shape index (κ3) is 5.60. The molecule has 0 spiro atoms. The van der Waals surface area contributed by atoms with Crippen molar-refractivity contribution in [2.45, 2.75) is 57.6 Å². The second kappa shape index (κ2) is 10.0. The molecule has 0 aliphatic carbocycles. The van der Waals surface area contributed by atoms with Gasteiger partial charge in [-0.2, -0.15) is 0 Å². The highest BCUT2D eigenvalue weighted by Crippen LogP contribution is 2.27. The molecule has 0 saturated heterocycles. The molecule has 3 rings (SSSR count). The Bertz CT molecular complexity index is 1150. The average molecular weight is 480 g/mol. The molecular formula is C21H26ClN5O2S2. The van der Waals surface area contributed by atoms with Crippen LogP contribution in [-0.4, -0.2) is 23.4 Å². The van der Waals surface area contributed by atoms with Gasteiger partial charge < -0.3 is 5.32 Å². The van der Waals surface area contributed by atoms with Crippen molar-refractivity contribution in [1.29, 1.82) is 0 Å². The first kappa shape index (κ1) is 23.6. The number of sulfonamides is 1. The van der Waals surface area contributed by atoms with E-state index in [0.29, 0.717) is 11.5 Å². The van der Waals surface area contributed by atoms with Crippen LogP contribution in [0.2, 0.25) is 5.02 Å². The molecule has 0 aliphatic rings. The fourth-order valence-electron chi connectivity index (χ4n) is 3.18. The Morgan fingerprint density at radius 2 is 1.87 bits per heavy atom. The largest absolute Gasteiger partial charge is 0.363 e. The Morgan fingerprint density at radius 1 is 1.10 bits per heavy atom. The molecule has 0 bridgehead atoms. The van der Waals surface area contributed by atoms with Crippen LogP contribution >= 0.6 is 22.9 Å². The van der Waals surface area contributed by atoms with E-state index in [1.54, 1.807) is 19.2 Å². The quantitative estimate of drug-likeness (QED) is 0.452. The molecular weight excluding hydrogens is 454 g/mol. The molecule has 2 atom stereocenters. The second-order valence-corrected chi connectivity index (χ2v) is 10.1. The van der Waals surface area contributed by atoms with Crippen LogP contribution in [0.5, 0.6) is 0 Å². The third-order valence-corrected chi connectivity index (χ3v) is 7.78. The predicted octanol–water partition coefficient (Wildman–Crippen LogP) is 4.92. The van der Waals surface area contributed by atoms with Crippen molar-refractivity contribution in [1.82, 2.24) is 19.7 Å². The molecule has 0 fully saturated rings. The van der Waals surface area contributed by atoms with Gasteiger partial charge in [0.2, 0.25) is 0 Å². The summed E-state index contributed by atoms with van der Waals surface area (Å²) in [5, 5.41) is 5.93. The van der Waals surface area contributed by atoms with Crippen LogP contribution in [0.15, 0.2) is 41.0 Å². The fraction of sp³-hybridized carbons (Fsp3) is 0.381. The van der Waals surface area contributed by atoms with Gasteiger partial charge in [0.1, 0.15) is 5.82 Å². The van der Waals surface area contributed by atoms with E-state index in [1.807, 2.05) is 31.5 Å². The summed E-state index contributed by atoms with van der Waals surface area (Å²) in [6.45, 7) is 7.82. The van der Waals surface area contributed by atoms with Crippen molar-refractivity contribution in [3.63, 3.8) is 0 Å². The van der Waals surface area contributed by atoms with Gasteiger partial charge in [0.25, 0.3) is 10.0 Å². The molecule has 3 heterocycles. The Labute approximate surface area is 192 Å². The van der Waals surface area contributed by atoms with Crippen molar-refractivity contribution in [3.05, 3.63) is 62.8 Å². The standard InChI is InChI=1S/C21H26ClN5O2S2/c1-5-15-11-23-10-9-16(15)13(3)24-19-8-7-17(22)21(26-19)31(28,29)27-14(4)18-12-30-20(6-2)25-18/h7-14,27H,5-6H2,1-4H3,(H,24,26). The van der Waals surface area contributed by atoms with Gasteiger partial charge in [0, 0.05) is 17.8 Å². The summed E-state index contributed by atoms with van der Waals surface area (Å²) in [4.78, 5) is 12.9. The summed E-state index contributed by atoms with van der Waals surface area (Å²) in [7, 11) is -3.95. The molecule has 0 aromatic carbocycles. The van der Waals surface area contributed by atoms with E-state index in [-0.39, 0.29) is 16.1 Å². The van der Waals surface area contributed by atoms with Gasteiger partial charge in [-0.15, -0.1) is 11.3 Å². The summed E-state index contributed by atoms with van der Waals surface area (Å²) in [5.74, 6) is 0.422. The molecule has 0 saturated carbocycles. The Hall–Kier alpha value is -2.07. The topological polar surface area (TPSA) is 96.9 Å². The van der Waals surface area contributed by atoms with E-state index >= 15 is 0 Å². The number of hydrogen-bond donors (Lipinski definition) is 2. The summed E-state index contributed by atoms with van der Waals surface area (Å²) >= 11 is 7.72. The maximum Gasteiger partial charge on any atom is 0.260 e. The highest BCUT2D eigenvalue weighted by atomic mass is 35.5. The van der Waals surface area contributed by atoms with Crippen LogP contribution in [-0.2, 0) is 22.9 Å². The normalized spacial score (nSPS) is 13.7. The molecule has 10 heteroatoms. The molecule has 0 amide bonds. The Balaban J connectivity index is 1.82. The average Bonchev–Trinajstić information content (AvgIpc) is 3.24. The summed E-state index contributed by atoms with van der Waals surface area (Å²) in [5.41, 5.74) is 2.88. The van der Waals surface area contributed by atoms with Crippen LogP contribution in [0.25, 0.3) is 0 Å². The van der Waals surface area contributed by atoms with Gasteiger partial charge in [-0.3, -0.25) is 4.98 Å². The number of halogens is 1. The first-order chi connectivity index (χ1) is 14.7. The molecule has 0 radical (unpaired) electrons. The molecule has 166 valence electrons. The van der Waals surface area contributed by atoms with Crippen molar-refractivity contribution < 1.29 is 8.42 Å². The lowest BCUT2D eigenvalue weighted by atomic mass is 10.0. The van der Waals surface area contributed by atoms with E-state index in [9.17, 15) is 8.42 Å². The number of pyridine rings is 2. The van der Waals surface area contributed by atoms with E-state index < -0.39 is 16.1 Å². The van der Waals surface area contributed by atoms with Gasteiger partial charge in [-0.25, -0.2) is 23.1 Å². The predicted molar refractivity (Wildman–Crippen MR) is 125 cm³/mol. The number of nitrogens with one attached hydrogen (secondary N) is 2.